The van der Waals surface area contributed by atoms with Gasteiger partial charge in [0.1, 0.15) is 29.3 Å². The molecule has 1 amide bonds. The number of likely N-dealkylation sites (N-methyl/N-ethyl adjacent to an activating group) is 1. The number of carbonyl (C=O) groups is 1. The molecule has 0 aliphatic carbocycles. The van der Waals surface area contributed by atoms with Crippen molar-refractivity contribution in [2.75, 3.05) is 29.6 Å². The van der Waals surface area contributed by atoms with Crippen LogP contribution in [-0.4, -0.2) is 51.0 Å². The number of H-pyrrole nitrogens is 1. The number of benzene rings is 1. The third kappa shape index (κ3) is 5.00. The first-order valence-corrected chi connectivity index (χ1v) is 10.4. The van der Waals surface area contributed by atoms with Gasteiger partial charge in [-0.25, -0.2) is 9.37 Å². The van der Waals surface area contributed by atoms with Gasteiger partial charge in [0.15, 0.2) is 0 Å². The van der Waals surface area contributed by atoms with E-state index < -0.39 is 6.04 Å². The van der Waals surface area contributed by atoms with Gasteiger partial charge in [-0.15, -0.1) is 0 Å². The van der Waals surface area contributed by atoms with Crippen LogP contribution in [0.1, 0.15) is 5.56 Å². The van der Waals surface area contributed by atoms with E-state index in [2.05, 4.69) is 30.9 Å². The van der Waals surface area contributed by atoms with Crippen molar-refractivity contribution < 1.29 is 9.18 Å². The first-order valence-electron chi connectivity index (χ1n) is 10.4. The number of halogens is 1. The smallest absolute Gasteiger partial charge is 0.248 e. The van der Waals surface area contributed by atoms with E-state index >= 15 is 0 Å². The highest BCUT2D eigenvalue weighted by molar-refractivity contribution is 5.96. The number of pyridine rings is 1. The van der Waals surface area contributed by atoms with Gasteiger partial charge in [-0.05, 0) is 29.8 Å². The molecule has 0 saturated heterocycles. The fourth-order valence-corrected chi connectivity index (χ4v) is 3.52. The minimum absolute atomic E-state index is 0.225. The fourth-order valence-electron chi connectivity index (χ4n) is 3.52. The Morgan fingerprint density at radius 1 is 1.18 bits per heavy atom. The van der Waals surface area contributed by atoms with Gasteiger partial charge < -0.3 is 15.5 Å². The lowest BCUT2D eigenvalue weighted by molar-refractivity contribution is -0.117. The summed E-state index contributed by atoms with van der Waals surface area (Å²) < 4.78 is 15.0. The standard InChI is InChI=1S/C23H25FN8O/c1-25-20-13-16(8-10-26-20)18-14-22(32(3)30-18)28-23(33)19(31(2)21-9-11-27-29-21)12-15-4-6-17(24)7-5-15/h4-11,13-14,19H,12H2,1-3H3,(H,25,26)(H,27,29)(H,28,33)/t19-/m0/s1. The molecule has 33 heavy (non-hydrogen) atoms. The van der Waals surface area contributed by atoms with Crippen LogP contribution in [0.3, 0.4) is 0 Å². The second-order valence-corrected chi connectivity index (χ2v) is 7.61. The van der Waals surface area contributed by atoms with Crippen molar-refractivity contribution in [2.45, 2.75) is 12.5 Å². The topological polar surface area (TPSA) is 104 Å². The third-order valence-electron chi connectivity index (χ3n) is 5.42. The molecule has 3 aromatic heterocycles. The minimum atomic E-state index is -0.578. The van der Waals surface area contributed by atoms with E-state index in [1.807, 2.05) is 30.1 Å². The number of hydrogen-bond donors (Lipinski definition) is 3. The van der Waals surface area contributed by atoms with E-state index in [1.165, 1.54) is 12.1 Å². The van der Waals surface area contributed by atoms with E-state index in [0.29, 0.717) is 23.8 Å². The van der Waals surface area contributed by atoms with Gasteiger partial charge in [0, 0.05) is 51.5 Å². The maximum Gasteiger partial charge on any atom is 0.248 e. The first-order chi connectivity index (χ1) is 15.9. The first kappa shape index (κ1) is 22.0. The van der Waals surface area contributed by atoms with E-state index in [0.717, 1.165) is 16.9 Å². The molecule has 0 fully saturated rings. The molecular weight excluding hydrogens is 423 g/mol. The molecule has 0 aliphatic heterocycles. The highest BCUT2D eigenvalue weighted by atomic mass is 19.1. The van der Waals surface area contributed by atoms with Crippen LogP contribution in [0.25, 0.3) is 11.3 Å². The summed E-state index contributed by atoms with van der Waals surface area (Å²) in [6.45, 7) is 0. The number of nitrogens with one attached hydrogen (secondary N) is 3. The summed E-state index contributed by atoms with van der Waals surface area (Å²) in [5, 5.41) is 17.4. The molecule has 0 bridgehead atoms. The summed E-state index contributed by atoms with van der Waals surface area (Å²) in [7, 11) is 5.38. The molecule has 3 N–H and O–H groups in total. The molecule has 1 aromatic carbocycles. The Bertz CT molecular complexity index is 1220. The van der Waals surface area contributed by atoms with Gasteiger partial charge in [-0.2, -0.15) is 10.2 Å². The van der Waals surface area contributed by atoms with Gasteiger partial charge in [-0.3, -0.25) is 14.6 Å². The predicted molar refractivity (Wildman–Crippen MR) is 125 cm³/mol. The summed E-state index contributed by atoms with van der Waals surface area (Å²) in [5.74, 6) is 1.43. The van der Waals surface area contributed by atoms with Crippen molar-refractivity contribution >= 4 is 23.4 Å². The molecule has 4 rings (SSSR count). The number of aryl methyl sites for hydroxylation is 1. The largest absolute Gasteiger partial charge is 0.373 e. The normalized spacial score (nSPS) is 11.8. The summed E-state index contributed by atoms with van der Waals surface area (Å²) in [4.78, 5) is 19.4. The van der Waals surface area contributed by atoms with Crippen LogP contribution in [0.15, 0.2) is 60.9 Å². The molecule has 0 aliphatic rings. The number of aromatic amines is 1. The maximum absolute atomic E-state index is 13.4. The van der Waals surface area contributed by atoms with Crippen LogP contribution in [0.4, 0.5) is 21.8 Å². The molecule has 4 aromatic rings. The van der Waals surface area contributed by atoms with E-state index in [4.69, 9.17) is 0 Å². The average molecular weight is 449 g/mol. The maximum atomic E-state index is 13.4. The van der Waals surface area contributed by atoms with Gasteiger partial charge in [0.25, 0.3) is 0 Å². The van der Waals surface area contributed by atoms with Crippen LogP contribution < -0.4 is 15.5 Å². The van der Waals surface area contributed by atoms with E-state index in [1.54, 1.807) is 49.4 Å². The van der Waals surface area contributed by atoms with Crippen molar-refractivity contribution in [3.8, 4) is 11.3 Å². The summed E-state index contributed by atoms with van der Waals surface area (Å²) in [6, 6.07) is 12.9. The van der Waals surface area contributed by atoms with Crippen molar-refractivity contribution in [3.05, 3.63) is 72.3 Å². The zero-order valence-corrected chi connectivity index (χ0v) is 18.6. The molecule has 10 heteroatoms. The lowest BCUT2D eigenvalue weighted by atomic mass is 10.0. The molecule has 3 heterocycles. The van der Waals surface area contributed by atoms with Crippen molar-refractivity contribution in [3.63, 3.8) is 0 Å². The van der Waals surface area contributed by atoms with Crippen LogP contribution in [0.5, 0.6) is 0 Å². The summed E-state index contributed by atoms with van der Waals surface area (Å²) in [6.07, 6.45) is 3.70. The Kier molecular flexibility index (Phi) is 6.34. The number of amides is 1. The third-order valence-corrected chi connectivity index (χ3v) is 5.42. The number of anilines is 3. The Hall–Kier alpha value is -4.21. The highest BCUT2D eigenvalue weighted by Gasteiger charge is 2.26. The summed E-state index contributed by atoms with van der Waals surface area (Å²) >= 11 is 0. The van der Waals surface area contributed by atoms with E-state index in [9.17, 15) is 9.18 Å². The lowest BCUT2D eigenvalue weighted by Crippen LogP contribution is -2.44. The van der Waals surface area contributed by atoms with Crippen molar-refractivity contribution in [1.82, 2.24) is 25.0 Å². The molecule has 1 atom stereocenters. The monoisotopic (exact) mass is 448 g/mol. The average Bonchev–Trinajstić information content (AvgIpc) is 3.49. The number of hydrogen-bond acceptors (Lipinski definition) is 6. The van der Waals surface area contributed by atoms with Crippen LogP contribution in [-0.2, 0) is 18.3 Å². The zero-order chi connectivity index (χ0) is 23.4. The van der Waals surface area contributed by atoms with Gasteiger partial charge >= 0.3 is 0 Å². The highest BCUT2D eigenvalue weighted by Crippen LogP contribution is 2.24. The number of rotatable bonds is 8. The lowest BCUT2D eigenvalue weighted by Gasteiger charge is -2.27. The Morgan fingerprint density at radius 3 is 2.67 bits per heavy atom. The second-order valence-electron chi connectivity index (χ2n) is 7.61. The Morgan fingerprint density at radius 2 is 1.97 bits per heavy atom. The molecule has 170 valence electrons. The number of carbonyl (C=O) groups excluding carboxylic acids is 1. The minimum Gasteiger partial charge on any atom is -0.373 e. The second kappa shape index (κ2) is 9.51. The molecule has 0 unspecified atom stereocenters. The van der Waals surface area contributed by atoms with Crippen molar-refractivity contribution in [2.24, 2.45) is 7.05 Å². The zero-order valence-electron chi connectivity index (χ0n) is 18.6. The molecule has 0 saturated carbocycles. The number of aromatic nitrogens is 5. The quantitative estimate of drug-likeness (QED) is 0.383. The SMILES string of the molecule is CNc1cc(-c2cc(NC(=O)[C@H](Cc3ccc(F)cc3)N(C)c3ccn[nH]3)n(C)n2)ccn1. The molecule has 9 nitrogen and oxygen atoms in total. The Balaban J connectivity index is 1.58. The fraction of sp³-hybridized carbons (Fsp3) is 0.217. The van der Waals surface area contributed by atoms with Gasteiger partial charge in [-0.1, -0.05) is 12.1 Å². The van der Waals surface area contributed by atoms with Gasteiger partial charge in [0.05, 0.1) is 11.9 Å². The predicted octanol–water partition coefficient (Wildman–Crippen LogP) is 3.07. The van der Waals surface area contributed by atoms with Crippen LogP contribution in [0.2, 0.25) is 0 Å². The molecular formula is C23H25FN8O. The Labute approximate surface area is 190 Å². The molecule has 0 radical (unpaired) electrons. The molecule has 0 spiro atoms. The summed E-state index contributed by atoms with van der Waals surface area (Å²) in [5.41, 5.74) is 2.43. The van der Waals surface area contributed by atoms with Crippen molar-refractivity contribution in [1.29, 1.82) is 0 Å². The number of nitrogens with zero attached hydrogens (tertiary/aromatic N) is 5. The van der Waals surface area contributed by atoms with Crippen LogP contribution >= 0.6 is 0 Å². The van der Waals surface area contributed by atoms with Crippen LogP contribution in [0, 0.1) is 5.82 Å². The van der Waals surface area contributed by atoms with E-state index in [-0.39, 0.29) is 11.7 Å². The van der Waals surface area contributed by atoms with Gasteiger partial charge in [0.2, 0.25) is 5.91 Å².